The fraction of sp³-hybridized carbons (Fsp3) is 0.400. The van der Waals surface area contributed by atoms with E-state index >= 15 is 0 Å². The van der Waals surface area contributed by atoms with E-state index in [4.69, 9.17) is 4.74 Å². The van der Waals surface area contributed by atoms with Crippen molar-refractivity contribution >= 4 is 5.91 Å². The first-order valence-electron chi connectivity index (χ1n) is 6.95. The van der Waals surface area contributed by atoms with Crippen molar-refractivity contribution in [3.8, 4) is 11.4 Å². The van der Waals surface area contributed by atoms with Gasteiger partial charge in [-0.2, -0.15) is 18.2 Å². The van der Waals surface area contributed by atoms with Crippen LogP contribution in [0.5, 0.6) is 0 Å². The summed E-state index contributed by atoms with van der Waals surface area (Å²) < 4.78 is 46.5. The molecule has 9 heteroatoms. The van der Waals surface area contributed by atoms with Gasteiger partial charge in [-0.05, 0) is 26.0 Å². The molecule has 0 bridgehead atoms. The number of benzene rings is 1. The maximum absolute atomic E-state index is 12.4. The topological polar surface area (TPSA) is 77.2 Å². The number of amides is 1. The highest BCUT2D eigenvalue weighted by Gasteiger charge is 2.38. The quantitative estimate of drug-likeness (QED) is 0.903. The lowest BCUT2D eigenvalue weighted by atomic mass is 10.1. The Morgan fingerprint density at radius 2 is 1.88 bits per heavy atom. The van der Waals surface area contributed by atoms with Gasteiger partial charge in [0.05, 0.1) is 12.1 Å². The largest absolute Gasteiger partial charge is 0.471 e. The SMILES string of the molecule is COCC(C)(C)NC(=O)c1ccc(-c2noc(C(F)(F)F)n2)cc1. The van der Waals surface area contributed by atoms with E-state index in [0.717, 1.165) is 0 Å². The number of aromatic nitrogens is 2. The lowest BCUT2D eigenvalue weighted by Gasteiger charge is -2.25. The molecule has 6 nitrogen and oxygen atoms in total. The van der Waals surface area contributed by atoms with Gasteiger partial charge in [-0.1, -0.05) is 17.3 Å². The Kier molecular flexibility index (Phi) is 4.93. The van der Waals surface area contributed by atoms with Crippen LogP contribution >= 0.6 is 0 Å². The van der Waals surface area contributed by atoms with Crippen molar-refractivity contribution in [2.45, 2.75) is 25.6 Å². The molecule has 0 radical (unpaired) electrons. The molecule has 0 saturated carbocycles. The van der Waals surface area contributed by atoms with Crippen LogP contribution in [-0.2, 0) is 10.9 Å². The highest BCUT2D eigenvalue weighted by Crippen LogP contribution is 2.29. The van der Waals surface area contributed by atoms with Crippen molar-refractivity contribution in [1.82, 2.24) is 15.5 Å². The molecule has 130 valence electrons. The fourth-order valence-electron chi connectivity index (χ4n) is 2.00. The van der Waals surface area contributed by atoms with Gasteiger partial charge < -0.3 is 14.6 Å². The Balaban J connectivity index is 2.13. The molecule has 1 heterocycles. The van der Waals surface area contributed by atoms with Gasteiger partial charge >= 0.3 is 12.1 Å². The first kappa shape index (κ1) is 17.9. The summed E-state index contributed by atoms with van der Waals surface area (Å²) in [7, 11) is 1.53. The molecular weight excluding hydrogens is 327 g/mol. The number of ether oxygens (including phenoxy) is 1. The number of alkyl halides is 3. The average Bonchev–Trinajstić information content (AvgIpc) is 2.96. The minimum Gasteiger partial charge on any atom is -0.382 e. The zero-order valence-electron chi connectivity index (χ0n) is 13.3. The minimum absolute atomic E-state index is 0.200. The second kappa shape index (κ2) is 6.60. The van der Waals surface area contributed by atoms with Crippen LogP contribution in [0.3, 0.4) is 0 Å². The number of nitrogens with zero attached hydrogens (tertiary/aromatic N) is 2. The molecule has 0 spiro atoms. The molecule has 2 rings (SSSR count). The predicted molar refractivity (Wildman–Crippen MR) is 78.2 cm³/mol. The van der Waals surface area contributed by atoms with Crippen LogP contribution in [0.2, 0.25) is 0 Å². The summed E-state index contributed by atoms with van der Waals surface area (Å²) in [5, 5.41) is 6.08. The first-order chi connectivity index (χ1) is 11.1. The Morgan fingerprint density at radius 1 is 1.25 bits per heavy atom. The third-order valence-corrected chi connectivity index (χ3v) is 3.03. The standard InChI is InChI=1S/C15H16F3N3O3/c1-14(2,8-23-3)20-12(22)10-6-4-9(5-7-10)11-19-13(24-21-11)15(16,17)18/h4-7H,8H2,1-3H3,(H,20,22). The third kappa shape index (κ3) is 4.31. The fourth-order valence-corrected chi connectivity index (χ4v) is 2.00. The Morgan fingerprint density at radius 3 is 2.38 bits per heavy atom. The molecule has 1 aromatic carbocycles. The van der Waals surface area contributed by atoms with Gasteiger partial charge in [-0.3, -0.25) is 4.79 Å². The number of halogens is 3. The van der Waals surface area contributed by atoms with Crippen molar-refractivity contribution in [2.75, 3.05) is 13.7 Å². The van der Waals surface area contributed by atoms with Crippen molar-refractivity contribution in [2.24, 2.45) is 0 Å². The Hall–Kier alpha value is -2.42. The average molecular weight is 343 g/mol. The van der Waals surface area contributed by atoms with Gasteiger partial charge in [-0.25, -0.2) is 0 Å². The highest BCUT2D eigenvalue weighted by molar-refractivity contribution is 5.95. The first-order valence-corrected chi connectivity index (χ1v) is 6.95. The van der Waals surface area contributed by atoms with E-state index in [2.05, 4.69) is 20.0 Å². The van der Waals surface area contributed by atoms with Gasteiger partial charge in [0.2, 0.25) is 5.82 Å². The molecule has 0 aliphatic rings. The summed E-state index contributed by atoms with van der Waals surface area (Å²) in [6, 6.07) is 5.83. The van der Waals surface area contributed by atoms with Crippen LogP contribution in [0.15, 0.2) is 28.8 Å². The summed E-state index contributed by atoms with van der Waals surface area (Å²) in [4.78, 5) is 15.4. The molecular formula is C15H16F3N3O3. The van der Waals surface area contributed by atoms with E-state index in [1.807, 2.05) is 0 Å². The molecule has 0 fully saturated rings. The number of nitrogens with one attached hydrogen (secondary N) is 1. The second-order valence-electron chi connectivity index (χ2n) is 5.77. The summed E-state index contributed by atoms with van der Waals surface area (Å²) in [6.07, 6.45) is -4.70. The molecule has 0 aliphatic heterocycles. The number of hydrogen-bond donors (Lipinski definition) is 1. The van der Waals surface area contributed by atoms with Gasteiger partial charge in [-0.15, -0.1) is 0 Å². The zero-order valence-corrected chi connectivity index (χ0v) is 13.3. The molecule has 1 aromatic heterocycles. The van der Waals surface area contributed by atoms with Crippen LogP contribution < -0.4 is 5.32 Å². The number of hydrogen-bond acceptors (Lipinski definition) is 5. The van der Waals surface area contributed by atoms with E-state index in [1.165, 1.54) is 31.4 Å². The minimum atomic E-state index is -4.70. The van der Waals surface area contributed by atoms with Gasteiger partial charge in [0.1, 0.15) is 0 Å². The number of methoxy groups -OCH3 is 1. The summed E-state index contributed by atoms with van der Waals surface area (Å²) >= 11 is 0. The van der Waals surface area contributed by atoms with E-state index < -0.39 is 17.6 Å². The Bertz CT molecular complexity index is 709. The molecule has 1 amide bonds. The summed E-state index contributed by atoms with van der Waals surface area (Å²) in [6.45, 7) is 3.95. The van der Waals surface area contributed by atoms with Crippen LogP contribution in [0.25, 0.3) is 11.4 Å². The van der Waals surface area contributed by atoms with Crippen LogP contribution in [0, 0.1) is 0 Å². The van der Waals surface area contributed by atoms with E-state index in [-0.39, 0.29) is 11.7 Å². The monoisotopic (exact) mass is 343 g/mol. The highest BCUT2D eigenvalue weighted by atomic mass is 19.4. The lowest BCUT2D eigenvalue weighted by Crippen LogP contribution is -2.46. The lowest BCUT2D eigenvalue weighted by molar-refractivity contribution is -0.159. The second-order valence-corrected chi connectivity index (χ2v) is 5.77. The molecule has 0 saturated heterocycles. The maximum atomic E-state index is 12.4. The van der Waals surface area contributed by atoms with E-state index in [1.54, 1.807) is 13.8 Å². The van der Waals surface area contributed by atoms with Crippen molar-refractivity contribution < 1.29 is 27.2 Å². The molecule has 1 N–H and O–H groups in total. The number of carbonyl (C=O) groups is 1. The summed E-state index contributed by atoms with van der Waals surface area (Å²) in [5.41, 5.74) is 0.101. The molecule has 0 unspecified atom stereocenters. The summed E-state index contributed by atoms with van der Waals surface area (Å²) in [5.74, 6) is -1.94. The van der Waals surface area contributed by atoms with E-state index in [0.29, 0.717) is 17.7 Å². The molecule has 2 aromatic rings. The van der Waals surface area contributed by atoms with Gasteiger partial charge in [0.15, 0.2) is 0 Å². The zero-order chi connectivity index (χ0) is 18.0. The maximum Gasteiger partial charge on any atom is 0.471 e. The van der Waals surface area contributed by atoms with Crippen molar-refractivity contribution in [3.63, 3.8) is 0 Å². The predicted octanol–water partition coefficient (Wildman–Crippen LogP) is 2.91. The van der Waals surface area contributed by atoms with Gasteiger partial charge in [0, 0.05) is 18.2 Å². The van der Waals surface area contributed by atoms with Crippen LogP contribution in [0.1, 0.15) is 30.1 Å². The molecule has 0 atom stereocenters. The molecule has 0 aliphatic carbocycles. The van der Waals surface area contributed by atoms with E-state index in [9.17, 15) is 18.0 Å². The van der Waals surface area contributed by atoms with Gasteiger partial charge in [0.25, 0.3) is 5.91 Å². The van der Waals surface area contributed by atoms with Crippen LogP contribution in [0.4, 0.5) is 13.2 Å². The van der Waals surface area contributed by atoms with Crippen molar-refractivity contribution in [1.29, 1.82) is 0 Å². The third-order valence-electron chi connectivity index (χ3n) is 3.03. The van der Waals surface area contributed by atoms with Crippen molar-refractivity contribution in [3.05, 3.63) is 35.7 Å². The van der Waals surface area contributed by atoms with Crippen LogP contribution in [-0.4, -0.2) is 35.3 Å². The number of rotatable bonds is 5. The normalized spacial score (nSPS) is 12.2. The number of carbonyl (C=O) groups excluding carboxylic acids is 1. The smallest absolute Gasteiger partial charge is 0.382 e. The molecule has 24 heavy (non-hydrogen) atoms. The Labute approximate surface area is 136 Å².